The average molecular weight is 394 g/mol. The molecule has 1 saturated heterocycles. The van der Waals surface area contributed by atoms with E-state index in [2.05, 4.69) is 9.46 Å². The standard InChI is InChI=1S/C16H21F3N2O4S/c1-11(2)15(22)21-8-4-5-12(10-21)20-26(23,24)14-7-3-6-13(9-14)25-16(17,18)19/h3,6-7,9,11-12,20H,4-5,8,10H2,1-2H3. The second kappa shape index (κ2) is 7.83. The lowest BCUT2D eigenvalue weighted by Crippen LogP contribution is -2.50. The van der Waals surface area contributed by atoms with Crippen molar-refractivity contribution in [2.45, 2.75) is 44.0 Å². The summed E-state index contributed by atoms with van der Waals surface area (Å²) >= 11 is 0. The van der Waals surface area contributed by atoms with Crippen LogP contribution in [0.25, 0.3) is 0 Å². The van der Waals surface area contributed by atoms with E-state index in [-0.39, 0.29) is 23.3 Å². The molecule has 26 heavy (non-hydrogen) atoms. The number of carbonyl (C=O) groups is 1. The van der Waals surface area contributed by atoms with Crippen molar-refractivity contribution in [1.29, 1.82) is 0 Å². The smallest absolute Gasteiger partial charge is 0.406 e. The monoisotopic (exact) mass is 394 g/mol. The lowest BCUT2D eigenvalue weighted by atomic mass is 10.0. The fraction of sp³-hybridized carbons (Fsp3) is 0.562. The highest BCUT2D eigenvalue weighted by Crippen LogP contribution is 2.25. The molecule has 1 atom stereocenters. The molecule has 1 fully saturated rings. The van der Waals surface area contributed by atoms with Crippen molar-refractivity contribution in [3.63, 3.8) is 0 Å². The molecule has 0 saturated carbocycles. The van der Waals surface area contributed by atoms with Gasteiger partial charge < -0.3 is 9.64 Å². The highest BCUT2D eigenvalue weighted by molar-refractivity contribution is 7.89. The lowest BCUT2D eigenvalue weighted by Gasteiger charge is -2.34. The number of hydrogen-bond acceptors (Lipinski definition) is 4. The molecule has 0 aromatic heterocycles. The number of alkyl halides is 3. The van der Waals surface area contributed by atoms with Gasteiger partial charge in [0.25, 0.3) is 0 Å². The molecule has 1 aromatic carbocycles. The van der Waals surface area contributed by atoms with Crippen LogP contribution in [0.15, 0.2) is 29.2 Å². The van der Waals surface area contributed by atoms with E-state index in [1.165, 1.54) is 12.1 Å². The number of halogens is 3. The number of benzene rings is 1. The third-order valence-electron chi connectivity index (χ3n) is 3.90. The molecule has 1 aliphatic rings. The largest absolute Gasteiger partial charge is 0.573 e. The van der Waals surface area contributed by atoms with Gasteiger partial charge in [0.05, 0.1) is 4.90 Å². The van der Waals surface area contributed by atoms with Crippen molar-refractivity contribution >= 4 is 15.9 Å². The Morgan fingerprint density at radius 3 is 2.65 bits per heavy atom. The number of nitrogens with one attached hydrogen (secondary N) is 1. The molecule has 2 rings (SSSR count). The fourth-order valence-corrected chi connectivity index (χ4v) is 4.06. The van der Waals surface area contributed by atoms with Crippen LogP contribution < -0.4 is 9.46 Å². The third-order valence-corrected chi connectivity index (χ3v) is 5.42. The number of carbonyl (C=O) groups excluding carboxylic acids is 1. The molecule has 0 spiro atoms. The van der Waals surface area contributed by atoms with Crippen molar-refractivity contribution in [2.24, 2.45) is 5.92 Å². The van der Waals surface area contributed by atoms with Crippen LogP contribution in [-0.2, 0) is 14.8 Å². The Morgan fingerprint density at radius 2 is 2.04 bits per heavy atom. The zero-order valence-corrected chi connectivity index (χ0v) is 15.2. The van der Waals surface area contributed by atoms with Crippen LogP contribution in [0.1, 0.15) is 26.7 Å². The SMILES string of the molecule is CC(C)C(=O)N1CCCC(NS(=O)(=O)c2cccc(OC(F)(F)F)c2)C1. The van der Waals surface area contributed by atoms with Crippen LogP contribution in [0.4, 0.5) is 13.2 Å². The van der Waals surface area contributed by atoms with E-state index in [0.29, 0.717) is 19.4 Å². The first kappa shape index (κ1) is 20.5. The summed E-state index contributed by atoms with van der Waals surface area (Å²) in [6, 6.07) is 3.70. The number of nitrogens with zero attached hydrogens (tertiary/aromatic N) is 1. The maximum Gasteiger partial charge on any atom is 0.573 e. The van der Waals surface area contributed by atoms with Gasteiger partial charge in [-0.15, -0.1) is 13.2 Å². The topological polar surface area (TPSA) is 75.7 Å². The molecule has 146 valence electrons. The van der Waals surface area contributed by atoms with E-state index >= 15 is 0 Å². The summed E-state index contributed by atoms with van der Waals surface area (Å²) in [6.45, 7) is 4.32. The Kier molecular flexibility index (Phi) is 6.17. The zero-order chi connectivity index (χ0) is 19.5. The molecule has 10 heteroatoms. The van der Waals surface area contributed by atoms with Gasteiger partial charge in [-0.2, -0.15) is 0 Å². The molecular formula is C16H21F3N2O4S. The number of amides is 1. The summed E-state index contributed by atoms with van der Waals surface area (Å²) in [6.07, 6.45) is -3.72. The quantitative estimate of drug-likeness (QED) is 0.833. The van der Waals surface area contributed by atoms with Gasteiger partial charge in [-0.25, -0.2) is 13.1 Å². The molecule has 0 radical (unpaired) electrons. The first-order valence-corrected chi connectivity index (χ1v) is 9.63. The summed E-state index contributed by atoms with van der Waals surface area (Å²) in [5.74, 6) is -0.864. The van der Waals surface area contributed by atoms with E-state index in [1.807, 2.05) is 0 Å². The molecule has 1 N–H and O–H groups in total. The summed E-state index contributed by atoms with van der Waals surface area (Å²) in [5.41, 5.74) is 0. The van der Waals surface area contributed by atoms with Crippen LogP contribution >= 0.6 is 0 Å². The van der Waals surface area contributed by atoms with Crippen molar-refractivity contribution in [2.75, 3.05) is 13.1 Å². The van der Waals surface area contributed by atoms with Gasteiger partial charge in [-0.1, -0.05) is 19.9 Å². The number of likely N-dealkylation sites (tertiary alicyclic amines) is 1. The highest BCUT2D eigenvalue weighted by Gasteiger charge is 2.32. The van der Waals surface area contributed by atoms with Crippen LogP contribution in [0.3, 0.4) is 0 Å². The van der Waals surface area contributed by atoms with Gasteiger partial charge in [-0.3, -0.25) is 4.79 Å². The molecule has 1 aliphatic heterocycles. The van der Waals surface area contributed by atoms with Crippen LogP contribution in [0.5, 0.6) is 5.75 Å². The molecule has 1 amide bonds. The van der Waals surface area contributed by atoms with Crippen molar-refractivity contribution in [3.05, 3.63) is 24.3 Å². The molecule has 0 bridgehead atoms. The maximum absolute atomic E-state index is 12.5. The van der Waals surface area contributed by atoms with E-state index in [9.17, 15) is 26.4 Å². The predicted octanol–water partition coefficient (Wildman–Crippen LogP) is 2.51. The van der Waals surface area contributed by atoms with E-state index in [0.717, 1.165) is 12.1 Å². The van der Waals surface area contributed by atoms with Gasteiger partial charge in [0.15, 0.2) is 0 Å². The van der Waals surface area contributed by atoms with E-state index in [4.69, 9.17) is 0 Å². The van der Waals surface area contributed by atoms with Crippen LogP contribution in [0.2, 0.25) is 0 Å². The molecular weight excluding hydrogens is 373 g/mol. The number of ether oxygens (including phenoxy) is 1. The highest BCUT2D eigenvalue weighted by atomic mass is 32.2. The first-order chi connectivity index (χ1) is 12.0. The molecule has 1 unspecified atom stereocenters. The maximum atomic E-state index is 12.5. The second-order valence-corrected chi connectivity index (χ2v) is 8.14. The minimum Gasteiger partial charge on any atom is -0.406 e. The van der Waals surface area contributed by atoms with Gasteiger partial charge >= 0.3 is 6.36 Å². The summed E-state index contributed by atoms with van der Waals surface area (Å²) < 4.78 is 68.1. The van der Waals surface area contributed by atoms with Gasteiger partial charge in [-0.05, 0) is 25.0 Å². The van der Waals surface area contributed by atoms with Gasteiger partial charge in [0, 0.05) is 31.1 Å². The summed E-state index contributed by atoms with van der Waals surface area (Å²) in [4.78, 5) is 13.4. The Labute approximate surface area is 150 Å². The van der Waals surface area contributed by atoms with E-state index in [1.54, 1.807) is 18.7 Å². The zero-order valence-electron chi connectivity index (χ0n) is 14.4. The van der Waals surface area contributed by atoms with Crippen molar-refractivity contribution < 1.29 is 31.1 Å². The van der Waals surface area contributed by atoms with Crippen molar-refractivity contribution in [1.82, 2.24) is 9.62 Å². The van der Waals surface area contributed by atoms with Crippen molar-refractivity contribution in [3.8, 4) is 5.75 Å². The van der Waals surface area contributed by atoms with E-state index < -0.39 is 28.2 Å². The molecule has 1 heterocycles. The van der Waals surface area contributed by atoms with Gasteiger partial charge in [0.2, 0.25) is 15.9 Å². The predicted molar refractivity (Wildman–Crippen MR) is 87.9 cm³/mol. The fourth-order valence-electron chi connectivity index (χ4n) is 2.76. The Morgan fingerprint density at radius 1 is 1.35 bits per heavy atom. The van der Waals surface area contributed by atoms with Crippen LogP contribution in [-0.4, -0.2) is 44.7 Å². The number of rotatable bonds is 5. The third kappa shape index (κ3) is 5.60. The minimum atomic E-state index is -4.91. The number of hydrogen-bond donors (Lipinski definition) is 1. The Bertz CT molecular complexity index is 750. The number of sulfonamides is 1. The normalized spacial score (nSPS) is 18.8. The summed E-state index contributed by atoms with van der Waals surface area (Å²) in [7, 11) is -4.04. The molecule has 0 aliphatic carbocycles. The first-order valence-electron chi connectivity index (χ1n) is 8.15. The van der Waals surface area contributed by atoms with Crippen LogP contribution in [0, 0.1) is 5.92 Å². The number of piperidine rings is 1. The Hall–Kier alpha value is -1.81. The average Bonchev–Trinajstić information content (AvgIpc) is 2.52. The summed E-state index contributed by atoms with van der Waals surface area (Å²) in [5, 5.41) is 0. The molecule has 6 nitrogen and oxygen atoms in total. The lowest BCUT2D eigenvalue weighted by molar-refractivity contribution is -0.274. The van der Waals surface area contributed by atoms with Gasteiger partial charge in [0.1, 0.15) is 5.75 Å². The molecule has 1 aromatic rings. The second-order valence-electron chi connectivity index (χ2n) is 6.42. The minimum absolute atomic E-state index is 0.0607. The Balaban J connectivity index is 2.11.